The van der Waals surface area contributed by atoms with Crippen LogP contribution in [0.3, 0.4) is 0 Å². The highest BCUT2D eigenvalue weighted by molar-refractivity contribution is 5.91. The number of allylic oxidation sites excluding steroid dienone is 2. The topological polar surface area (TPSA) is 17.1 Å². The zero-order valence-electron chi connectivity index (χ0n) is 19.2. The molecule has 0 radical (unpaired) electrons. The predicted octanol–water partition coefficient (Wildman–Crippen LogP) is 7.45. The Balaban J connectivity index is 1.49. The van der Waals surface area contributed by atoms with Crippen LogP contribution in [0.5, 0.6) is 0 Å². The van der Waals surface area contributed by atoms with E-state index in [1.54, 1.807) is 0 Å². The molecule has 4 rings (SSSR count). The lowest BCUT2D eigenvalue weighted by atomic mass is 9.45. The first-order chi connectivity index (χ1) is 13.3. The van der Waals surface area contributed by atoms with Gasteiger partial charge in [0.25, 0.3) is 0 Å². The monoisotopic (exact) mass is 384 g/mol. The quantitative estimate of drug-likeness (QED) is 0.481. The number of fused-ring (bicyclic) bond motifs is 5. The molecule has 0 aromatic heterocycles. The van der Waals surface area contributed by atoms with Crippen molar-refractivity contribution in [2.75, 3.05) is 0 Å². The van der Waals surface area contributed by atoms with Gasteiger partial charge in [0, 0.05) is 6.42 Å². The standard InChI is InChI=1S/C27H44O/c1-18(2)7-6-8-19(3)23-11-12-24-22-10-9-20-17-21(28)13-15-26(20,4)25(22)14-16-27(23,24)5/h13,15,18-20,22-25H,6-12,14,16-17H2,1-5H3/t19?,20?,22-,23+,24-,25-,26-,27+/m0/s1. The van der Waals surface area contributed by atoms with Gasteiger partial charge in [-0.3, -0.25) is 4.79 Å². The van der Waals surface area contributed by atoms with Crippen molar-refractivity contribution in [2.24, 2.45) is 52.3 Å². The smallest absolute Gasteiger partial charge is 0.155 e. The van der Waals surface area contributed by atoms with Crippen molar-refractivity contribution in [3.8, 4) is 0 Å². The molecule has 28 heavy (non-hydrogen) atoms. The molecule has 1 nitrogen and oxygen atoms in total. The first-order valence-corrected chi connectivity index (χ1v) is 12.5. The van der Waals surface area contributed by atoms with Gasteiger partial charge in [0.2, 0.25) is 0 Å². The van der Waals surface area contributed by atoms with E-state index in [-0.39, 0.29) is 0 Å². The van der Waals surface area contributed by atoms with Crippen LogP contribution in [0, 0.1) is 52.3 Å². The van der Waals surface area contributed by atoms with E-state index in [0.29, 0.717) is 22.5 Å². The molecule has 3 fully saturated rings. The van der Waals surface area contributed by atoms with E-state index in [1.165, 1.54) is 57.8 Å². The summed E-state index contributed by atoms with van der Waals surface area (Å²) in [4.78, 5) is 12.0. The van der Waals surface area contributed by atoms with Gasteiger partial charge in [-0.1, -0.05) is 60.0 Å². The van der Waals surface area contributed by atoms with Crippen molar-refractivity contribution in [1.82, 2.24) is 0 Å². The van der Waals surface area contributed by atoms with Crippen LogP contribution in [0.1, 0.15) is 98.8 Å². The minimum Gasteiger partial charge on any atom is -0.295 e. The van der Waals surface area contributed by atoms with Crippen LogP contribution in [-0.4, -0.2) is 5.78 Å². The highest BCUT2D eigenvalue weighted by Crippen LogP contribution is 2.67. The average molecular weight is 385 g/mol. The maximum absolute atomic E-state index is 12.0. The summed E-state index contributed by atoms with van der Waals surface area (Å²) in [6.07, 6.45) is 17.8. The number of hydrogen-bond donors (Lipinski definition) is 0. The Morgan fingerprint density at radius 1 is 1.00 bits per heavy atom. The summed E-state index contributed by atoms with van der Waals surface area (Å²) in [7, 11) is 0. The molecular weight excluding hydrogens is 340 g/mol. The van der Waals surface area contributed by atoms with Gasteiger partial charge in [0.05, 0.1) is 0 Å². The third-order valence-corrected chi connectivity index (χ3v) is 10.2. The van der Waals surface area contributed by atoms with E-state index in [4.69, 9.17) is 0 Å². The SMILES string of the molecule is CC(C)CCCC(C)[C@H]1CC[C@H]2[C@@H]3CCC4CC(=O)C=C[C@]4(C)[C@H]3CC[C@]12C. The average Bonchev–Trinajstić information content (AvgIpc) is 2.99. The first-order valence-electron chi connectivity index (χ1n) is 12.5. The van der Waals surface area contributed by atoms with E-state index < -0.39 is 0 Å². The largest absolute Gasteiger partial charge is 0.295 e. The van der Waals surface area contributed by atoms with Crippen molar-refractivity contribution in [3.63, 3.8) is 0 Å². The van der Waals surface area contributed by atoms with Crippen molar-refractivity contribution in [3.05, 3.63) is 12.2 Å². The number of rotatable bonds is 5. The molecule has 1 heteroatoms. The van der Waals surface area contributed by atoms with Crippen LogP contribution < -0.4 is 0 Å². The molecule has 2 unspecified atom stereocenters. The van der Waals surface area contributed by atoms with Crippen molar-refractivity contribution in [1.29, 1.82) is 0 Å². The Hall–Kier alpha value is -0.590. The molecule has 0 aromatic carbocycles. The Morgan fingerprint density at radius 2 is 1.79 bits per heavy atom. The molecule has 4 aliphatic rings. The highest BCUT2D eigenvalue weighted by atomic mass is 16.1. The normalized spacial score (nSPS) is 46.2. The summed E-state index contributed by atoms with van der Waals surface area (Å²) < 4.78 is 0. The third kappa shape index (κ3) is 3.33. The lowest BCUT2D eigenvalue weighted by molar-refractivity contribution is -0.122. The van der Waals surface area contributed by atoms with Crippen LogP contribution in [0.2, 0.25) is 0 Å². The fourth-order valence-corrected chi connectivity index (χ4v) is 8.66. The van der Waals surface area contributed by atoms with Gasteiger partial charge < -0.3 is 0 Å². The second-order valence-corrected chi connectivity index (χ2v) is 12.1. The van der Waals surface area contributed by atoms with E-state index in [0.717, 1.165) is 41.9 Å². The Bertz CT molecular complexity index is 618. The number of carbonyl (C=O) groups is 1. The minimum absolute atomic E-state index is 0.291. The van der Waals surface area contributed by atoms with Gasteiger partial charge in [-0.2, -0.15) is 0 Å². The van der Waals surface area contributed by atoms with Crippen LogP contribution in [0.15, 0.2) is 12.2 Å². The lowest BCUT2D eigenvalue weighted by Gasteiger charge is -2.59. The van der Waals surface area contributed by atoms with E-state index in [9.17, 15) is 4.79 Å². The van der Waals surface area contributed by atoms with Gasteiger partial charge in [-0.15, -0.1) is 0 Å². The second kappa shape index (κ2) is 7.59. The van der Waals surface area contributed by atoms with Gasteiger partial charge in [0.1, 0.15) is 0 Å². The lowest BCUT2D eigenvalue weighted by Crippen LogP contribution is -2.52. The molecule has 8 atom stereocenters. The molecular formula is C27H44O. The van der Waals surface area contributed by atoms with Crippen molar-refractivity contribution >= 4 is 5.78 Å². The van der Waals surface area contributed by atoms with E-state index in [2.05, 4.69) is 40.7 Å². The molecule has 3 saturated carbocycles. The van der Waals surface area contributed by atoms with Crippen LogP contribution in [0.4, 0.5) is 0 Å². The number of hydrogen-bond acceptors (Lipinski definition) is 1. The molecule has 0 aromatic rings. The fourth-order valence-electron chi connectivity index (χ4n) is 8.66. The van der Waals surface area contributed by atoms with Crippen molar-refractivity contribution in [2.45, 2.75) is 98.8 Å². The summed E-state index contributed by atoms with van der Waals surface area (Å²) in [6, 6.07) is 0. The maximum atomic E-state index is 12.0. The predicted molar refractivity (Wildman–Crippen MR) is 118 cm³/mol. The third-order valence-electron chi connectivity index (χ3n) is 10.2. The molecule has 4 aliphatic carbocycles. The molecule has 0 heterocycles. The summed E-state index contributed by atoms with van der Waals surface area (Å²) in [5, 5.41) is 0. The maximum Gasteiger partial charge on any atom is 0.155 e. The summed E-state index contributed by atoms with van der Waals surface area (Å²) >= 11 is 0. The van der Waals surface area contributed by atoms with Gasteiger partial charge >= 0.3 is 0 Å². The molecule has 0 bridgehead atoms. The number of carbonyl (C=O) groups excluding carboxylic acids is 1. The molecule has 0 aliphatic heterocycles. The van der Waals surface area contributed by atoms with E-state index in [1.807, 2.05) is 6.08 Å². The second-order valence-electron chi connectivity index (χ2n) is 12.1. The molecule has 158 valence electrons. The zero-order chi connectivity index (χ0) is 20.1. The Morgan fingerprint density at radius 3 is 2.54 bits per heavy atom. The molecule has 0 amide bonds. The fraction of sp³-hybridized carbons (Fsp3) is 0.889. The van der Waals surface area contributed by atoms with Gasteiger partial charge in [0.15, 0.2) is 5.78 Å². The van der Waals surface area contributed by atoms with E-state index >= 15 is 0 Å². The van der Waals surface area contributed by atoms with Crippen LogP contribution in [0.25, 0.3) is 0 Å². The summed E-state index contributed by atoms with van der Waals surface area (Å²) in [6.45, 7) is 12.5. The molecule has 0 saturated heterocycles. The molecule has 0 N–H and O–H groups in total. The highest BCUT2D eigenvalue weighted by Gasteiger charge is 2.59. The minimum atomic E-state index is 0.291. The Labute approximate surface area is 174 Å². The number of ketones is 1. The zero-order valence-corrected chi connectivity index (χ0v) is 19.2. The molecule has 0 spiro atoms. The van der Waals surface area contributed by atoms with Crippen molar-refractivity contribution < 1.29 is 4.79 Å². The first kappa shape index (κ1) is 20.7. The Kier molecular flexibility index (Phi) is 5.60. The van der Waals surface area contributed by atoms with Crippen LogP contribution >= 0.6 is 0 Å². The van der Waals surface area contributed by atoms with Gasteiger partial charge in [-0.25, -0.2) is 0 Å². The summed E-state index contributed by atoms with van der Waals surface area (Å²) in [5.41, 5.74) is 0.870. The summed E-state index contributed by atoms with van der Waals surface area (Å²) in [5.74, 6) is 6.34. The van der Waals surface area contributed by atoms with Crippen LogP contribution in [-0.2, 0) is 4.79 Å². The van der Waals surface area contributed by atoms with Gasteiger partial charge in [-0.05, 0) is 96.9 Å².